The SMILES string of the molecule is O=C(Nc1ccc(N2CC[C@@H]3CN(Cc4cc[n+]([O-])cc4)C[C@@H]32)cc1)c1ccc(COC2CCC2)cc1. The molecule has 7 heteroatoms. The van der Waals surface area contributed by atoms with Crippen LogP contribution in [0.4, 0.5) is 11.4 Å². The Morgan fingerprint density at radius 3 is 2.41 bits per heavy atom. The molecule has 1 N–H and O–H groups in total. The quantitative estimate of drug-likeness (QED) is 0.369. The molecule has 2 aliphatic heterocycles. The molecule has 7 nitrogen and oxygen atoms in total. The van der Waals surface area contributed by atoms with Crippen molar-refractivity contribution in [2.45, 2.75) is 51.0 Å². The van der Waals surface area contributed by atoms with Crippen LogP contribution >= 0.6 is 0 Å². The van der Waals surface area contributed by atoms with E-state index in [0.29, 0.717) is 30.2 Å². The number of carbonyl (C=O) groups excluding carboxylic acids is 1. The van der Waals surface area contributed by atoms with Gasteiger partial charge in [-0.3, -0.25) is 9.69 Å². The first-order chi connectivity index (χ1) is 18.1. The minimum Gasteiger partial charge on any atom is -0.619 e. The van der Waals surface area contributed by atoms with Gasteiger partial charge in [0, 0.05) is 61.3 Å². The monoisotopic (exact) mass is 498 g/mol. The Kier molecular flexibility index (Phi) is 6.81. The molecule has 1 saturated carbocycles. The van der Waals surface area contributed by atoms with Crippen LogP contribution in [0.3, 0.4) is 0 Å². The fraction of sp³-hybridized carbons (Fsp3) is 0.400. The van der Waals surface area contributed by atoms with Crippen LogP contribution in [0.25, 0.3) is 0 Å². The average molecular weight is 499 g/mol. The van der Waals surface area contributed by atoms with Crippen molar-refractivity contribution in [1.29, 1.82) is 0 Å². The van der Waals surface area contributed by atoms with E-state index in [4.69, 9.17) is 4.74 Å². The highest BCUT2D eigenvalue weighted by Gasteiger charge is 2.41. The normalized spacial score (nSPS) is 21.6. The zero-order valence-electron chi connectivity index (χ0n) is 21.1. The molecule has 2 saturated heterocycles. The summed E-state index contributed by atoms with van der Waals surface area (Å²) < 4.78 is 6.69. The summed E-state index contributed by atoms with van der Waals surface area (Å²) in [7, 11) is 0. The molecule has 192 valence electrons. The Bertz CT molecular complexity index is 1210. The minimum atomic E-state index is -0.102. The molecule has 6 rings (SSSR count). The van der Waals surface area contributed by atoms with Crippen LogP contribution in [-0.4, -0.2) is 42.6 Å². The number of rotatable bonds is 8. The third-order valence-electron chi connectivity index (χ3n) is 8.11. The standard InChI is InChI=1S/C30H34N4O3/c35-30(24-6-4-23(5-7-24)21-37-28-2-1-3-28)31-26-8-10-27(11-9-26)34-17-14-25-19-32(20-29(25)34)18-22-12-15-33(36)16-13-22/h4-13,15-16,25,28-29H,1-3,14,17-21H2,(H,31,35)/t25-,29+/m1/s1. The number of fused-ring (bicyclic) bond motifs is 1. The third kappa shape index (κ3) is 5.48. The number of nitrogens with one attached hydrogen (secondary N) is 1. The number of hydrogen-bond acceptors (Lipinski definition) is 5. The molecule has 3 aliphatic rings. The third-order valence-corrected chi connectivity index (χ3v) is 8.11. The molecule has 0 bridgehead atoms. The number of anilines is 2. The number of likely N-dealkylation sites (tertiary alicyclic amines) is 1. The summed E-state index contributed by atoms with van der Waals surface area (Å²) in [6.07, 6.45) is 8.33. The molecule has 1 amide bonds. The average Bonchev–Trinajstić information content (AvgIpc) is 3.46. The Hall–Kier alpha value is -3.42. The van der Waals surface area contributed by atoms with Crippen LogP contribution in [0.1, 0.15) is 47.2 Å². The smallest absolute Gasteiger partial charge is 0.255 e. The van der Waals surface area contributed by atoms with Crippen molar-refractivity contribution in [2.24, 2.45) is 5.92 Å². The van der Waals surface area contributed by atoms with E-state index in [0.717, 1.165) is 55.0 Å². The molecule has 1 aromatic heterocycles. The van der Waals surface area contributed by atoms with Crippen molar-refractivity contribution in [3.63, 3.8) is 0 Å². The van der Waals surface area contributed by atoms with Gasteiger partial charge >= 0.3 is 0 Å². The first-order valence-corrected chi connectivity index (χ1v) is 13.4. The number of benzene rings is 2. The first kappa shape index (κ1) is 23.9. The zero-order chi connectivity index (χ0) is 25.2. The molecule has 0 radical (unpaired) electrons. The Morgan fingerprint density at radius 1 is 0.946 bits per heavy atom. The number of hydrogen-bond donors (Lipinski definition) is 1. The van der Waals surface area contributed by atoms with Crippen molar-refractivity contribution in [3.8, 4) is 0 Å². The lowest BCUT2D eigenvalue weighted by Gasteiger charge is -2.27. The zero-order valence-corrected chi connectivity index (χ0v) is 21.1. The number of pyridine rings is 1. The van der Waals surface area contributed by atoms with Crippen LogP contribution in [0.5, 0.6) is 0 Å². The summed E-state index contributed by atoms with van der Waals surface area (Å²) in [4.78, 5) is 17.8. The Balaban J connectivity index is 1.02. The maximum absolute atomic E-state index is 12.8. The molecule has 1 aliphatic carbocycles. The van der Waals surface area contributed by atoms with Gasteiger partial charge in [0.05, 0.1) is 12.7 Å². The number of aromatic nitrogens is 1. The second-order valence-electron chi connectivity index (χ2n) is 10.6. The number of ether oxygens (including phenoxy) is 1. The summed E-state index contributed by atoms with van der Waals surface area (Å²) in [5, 5.41) is 14.3. The molecule has 0 spiro atoms. The van der Waals surface area contributed by atoms with Crippen LogP contribution in [0.2, 0.25) is 0 Å². The summed E-state index contributed by atoms with van der Waals surface area (Å²) in [6.45, 7) is 4.66. The van der Waals surface area contributed by atoms with Gasteiger partial charge in [-0.05, 0) is 79.1 Å². The number of nitrogens with zero attached hydrogens (tertiary/aromatic N) is 3. The second kappa shape index (κ2) is 10.5. The van der Waals surface area contributed by atoms with Crippen molar-refractivity contribution in [1.82, 2.24) is 4.90 Å². The van der Waals surface area contributed by atoms with E-state index in [1.807, 2.05) is 48.5 Å². The van der Waals surface area contributed by atoms with Gasteiger partial charge in [-0.1, -0.05) is 12.1 Å². The Morgan fingerprint density at radius 2 is 1.70 bits per heavy atom. The topological polar surface area (TPSA) is 71.8 Å². The first-order valence-electron chi connectivity index (χ1n) is 13.4. The van der Waals surface area contributed by atoms with Gasteiger partial charge in [0.1, 0.15) is 0 Å². The van der Waals surface area contributed by atoms with E-state index in [1.165, 1.54) is 24.1 Å². The molecule has 3 heterocycles. The number of amides is 1. The van der Waals surface area contributed by atoms with E-state index in [9.17, 15) is 10.0 Å². The van der Waals surface area contributed by atoms with Gasteiger partial charge in [-0.2, -0.15) is 4.73 Å². The molecule has 37 heavy (non-hydrogen) atoms. The largest absolute Gasteiger partial charge is 0.619 e. The maximum atomic E-state index is 12.8. The van der Waals surface area contributed by atoms with Crippen molar-refractivity contribution in [2.75, 3.05) is 29.9 Å². The van der Waals surface area contributed by atoms with Crippen molar-refractivity contribution in [3.05, 3.63) is 95.0 Å². The predicted molar refractivity (Wildman–Crippen MR) is 143 cm³/mol. The van der Waals surface area contributed by atoms with E-state index in [1.54, 1.807) is 12.4 Å². The summed E-state index contributed by atoms with van der Waals surface area (Å²) in [6, 6.07) is 20.2. The number of carbonyl (C=O) groups is 1. The minimum absolute atomic E-state index is 0.102. The lowest BCUT2D eigenvalue weighted by Crippen LogP contribution is -2.35. The molecule has 3 fully saturated rings. The molecule has 2 atom stereocenters. The van der Waals surface area contributed by atoms with Gasteiger partial charge in [0.25, 0.3) is 5.91 Å². The highest BCUT2D eigenvalue weighted by molar-refractivity contribution is 6.04. The fourth-order valence-corrected chi connectivity index (χ4v) is 5.75. The van der Waals surface area contributed by atoms with Crippen molar-refractivity contribution < 1.29 is 14.3 Å². The summed E-state index contributed by atoms with van der Waals surface area (Å²) in [5.41, 5.74) is 4.93. The van der Waals surface area contributed by atoms with Crippen LogP contribution < -0.4 is 14.9 Å². The lowest BCUT2D eigenvalue weighted by molar-refractivity contribution is -0.605. The molecule has 0 unspecified atom stereocenters. The van der Waals surface area contributed by atoms with Gasteiger partial charge in [0.15, 0.2) is 12.4 Å². The van der Waals surface area contributed by atoms with E-state index >= 15 is 0 Å². The van der Waals surface area contributed by atoms with Crippen LogP contribution in [0, 0.1) is 11.1 Å². The van der Waals surface area contributed by atoms with Crippen LogP contribution in [0.15, 0.2) is 73.1 Å². The summed E-state index contributed by atoms with van der Waals surface area (Å²) >= 11 is 0. The van der Waals surface area contributed by atoms with Gasteiger partial charge in [-0.15, -0.1) is 0 Å². The highest BCUT2D eigenvalue weighted by Crippen LogP contribution is 2.36. The van der Waals surface area contributed by atoms with Gasteiger partial charge in [0.2, 0.25) is 0 Å². The predicted octanol–water partition coefficient (Wildman–Crippen LogP) is 4.35. The molecule has 2 aromatic carbocycles. The second-order valence-corrected chi connectivity index (χ2v) is 10.6. The molecular formula is C30H34N4O3. The van der Waals surface area contributed by atoms with E-state index in [-0.39, 0.29) is 5.91 Å². The molecule has 3 aromatic rings. The van der Waals surface area contributed by atoms with Crippen LogP contribution in [-0.2, 0) is 17.9 Å². The van der Waals surface area contributed by atoms with E-state index in [2.05, 4.69) is 27.2 Å². The Labute approximate surface area is 218 Å². The summed E-state index contributed by atoms with van der Waals surface area (Å²) in [5.74, 6) is 0.560. The maximum Gasteiger partial charge on any atom is 0.255 e. The fourth-order valence-electron chi connectivity index (χ4n) is 5.75. The van der Waals surface area contributed by atoms with Gasteiger partial charge in [-0.25, -0.2) is 0 Å². The van der Waals surface area contributed by atoms with E-state index < -0.39 is 0 Å². The van der Waals surface area contributed by atoms with Crippen molar-refractivity contribution >= 4 is 17.3 Å². The molecular weight excluding hydrogens is 464 g/mol. The highest BCUT2D eigenvalue weighted by atomic mass is 16.5. The lowest BCUT2D eigenvalue weighted by atomic mass is 9.96. The van der Waals surface area contributed by atoms with Gasteiger partial charge < -0.3 is 20.2 Å².